The lowest BCUT2D eigenvalue weighted by Crippen LogP contribution is -2.59. The number of carbonyl (C=O) groups excluding carboxylic acids is 5. The molecule has 2 aromatic rings. The van der Waals surface area contributed by atoms with Crippen molar-refractivity contribution >= 4 is 50.6 Å². The topological polar surface area (TPSA) is 207 Å². The molecule has 2 aliphatic rings. The molecule has 14 nitrogen and oxygen atoms in total. The van der Waals surface area contributed by atoms with E-state index in [1.165, 1.54) is 0 Å². The molecule has 5 atom stereocenters. The van der Waals surface area contributed by atoms with Gasteiger partial charge < -0.3 is 31.2 Å². The average molecular weight is 647 g/mol. The number of amides is 5. The molecule has 2 fully saturated rings. The molecule has 1 aromatic heterocycles. The number of benzene rings is 1. The van der Waals surface area contributed by atoms with Crippen LogP contribution in [0.4, 0.5) is 0 Å². The largest absolute Gasteiger partial charge is 0.361 e. The van der Waals surface area contributed by atoms with Gasteiger partial charge in [-0.2, -0.15) is 8.42 Å². The van der Waals surface area contributed by atoms with Crippen LogP contribution in [0.2, 0.25) is 0 Å². The van der Waals surface area contributed by atoms with Crippen molar-refractivity contribution in [2.45, 2.75) is 83.6 Å². The van der Waals surface area contributed by atoms with Crippen LogP contribution < -0.4 is 21.3 Å². The van der Waals surface area contributed by atoms with Crippen molar-refractivity contribution in [2.24, 2.45) is 11.8 Å². The number of rotatable bonds is 7. The van der Waals surface area contributed by atoms with Crippen molar-refractivity contribution in [3.05, 3.63) is 36.0 Å². The Morgan fingerprint density at radius 3 is 2.18 bits per heavy atom. The summed E-state index contributed by atoms with van der Waals surface area (Å²) in [6.45, 7) is 7.30. The molecule has 2 aliphatic heterocycles. The highest BCUT2D eigenvalue weighted by atomic mass is 32.2. The van der Waals surface area contributed by atoms with E-state index in [4.69, 9.17) is 0 Å². The van der Waals surface area contributed by atoms with Crippen molar-refractivity contribution in [1.29, 1.82) is 0 Å². The Balaban J connectivity index is 1.78. The molecule has 5 unspecified atom stereocenters. The van der Waals surface area contributed by atoms with E-state index in [2.05, 4.69) is 26.3 Å². The number of aromatic nitrogens is 1. The van der Waals surface area contributed by atoms with E-state index in [1.54, 1.807) is 20.0 Å². The van der Waals surface area contributed by atoms with Gasteiger partial charge in [-0.15, -0.1) is 0 Å². The first-order valence-corrected chi connectivity index (χ1v) is 16.8. The van der Waals surface area contributed by atoms with Crippen LogP contribution in [0.5, 0.6) is 0 Å². The predicted molar refractivity (Wildman–Crippen MR) is 165 cm³/mol. The van der Waals surface area contributed by atoms with Crippen LogP contribution in [-0.2, 0) is 40.5 Å². The van der Waals surface area contributed by atoms with Gasteiger partial charge in [0.25, 0.3) is 10.1 Å². The van der Waals surface area contributed by atoms with Gasteiger partial charge in [0.05, 0.1) is 0 Å². The summed E-state index contributed by atoms with van der Waals surface area (Å²) >= 11 is 0. The maximum Gasteiger partial charge on any atom is 0.267 e. The molecule has 246 valence electrons. The Labute approximate surface area is 262 Å². The SMILES string of the molecule is CC(C)CC1NC(=O)C(C(C)C)NC(=O)C2CCCN2C(=O)C(CS(=O)(=O)O)NC(=O)C(Cc2c[nH]c3ccccc23)NC1=O. The molecule has 0 spiro atoms. The second-order valence-corrected chi connectivity index (χ2v) is 14.0. The third-order valence-corrected chi connectivity index (χ3v) is 8.90. The molecule has 5 amide bonds. The maximum absolute atomic E-state index is 13.8. The van der Waals surface area contributed by atoms with E-state index in [-0.39, 0.29) is 37.6 Å². The van der Waals surface area contributed by atoms with Crippen LogP contribution in [-0.4, -0.2) is 94.9 Å². The van der Waals surface area contributed by atoms with E-state index in [9.17, 15) is 36.9 Å². The summed E-state index contributed by atoms with van der Waals surface area (Å²) in [4.78, 5) is 72.6. The summed E-state index contributed by atoms with van der Waals surface area (Å²) in [7, 11) is -4.77. The number of aromatic amines is 1. The molecule has 0 aliphatic carbocycles. The van der Waals surface area contributed by atoms with Gasteiger partial charge in [0, 0.05) is 30.1 Å². The van der Waals surface area contributed by atoms with E-state index < -0.39 is 75.6 Å². The lowest BCUT2D eigenvalue weighted by atomic mass is 9.98. The molecule has 6 N–H and O–H groups in total. The first kappa shape index (κ1) is 33.9. The Hall–Kier alpha value is -3.98. The number of nitrogens with zero attached hydrogens (tertiary/aromatic N) is 1. The van der Waals surface area contributed by atoms with Crippen LogP contribution in [0, 0.1) is 11.8 Å². The highest BCUT2D eigenvalue weighted by Crippen LogP contribution is 2.22. The van der Waals surface area contributed by atoms with Crippen LogP contribution in [0.25, 0.3) is 10.9 Å². The molecular formula is C30H42N6O8S. The Morgan fingerprint density at radius 1 is 0.867 bits per heavy atom. The summed E-state index contributed by atoms with van der Waals surface area (Å²) < 4.78 is 33.7. The fourth-order valence-corrected chi connectivity index (χ4v) is 6.56. The monoisotopic (exact) mass is 646 g/mol. The Bertz CT molecular complexity index is 1550. The third-order valence-electron chi connectivity index (χ3n) is 8.15. The van der Waals surface area contributed by atoms with Crippen LogP contribution >= 0.6 is 0 Å². The number of nitrogens with one attached hydrogen (secondary N) is 5. The lowest BCUT2D eigenvalue weighted by Gasteiger charge is -2.30. The Kier molecular flexibility index (Phi) is 10.5. The summed E-state index contributed by atoms with van der Waals surface area (Å²) in [5.74, 6) is -5.20. The summed E-state index contributed by atoms with van der Waals surface area (Å²) in [6, 6.07) is 1.12. The van der Waals surface area contributed by atoms with Gasteiger partial charge in [-0.05, 0) is 42.7 Å². The lowest BCUT2D eigenvalue weighted by molar-refractivity contribution is -0.142. The van der Waals surface area contributed by atoms with Crippen LogP contribution in [0.15, 0.2) is 30.5 Å². The first-order chi connectivity index (χ1) is 21.1. The molecule has 4 rings (SSSR count). The number of hydrogen-bond donors (Lipinski definition) is 6. The van der Waals surface area contributed by atoms with Gasteiger partial charge in [0.15, 0.2) is 0 Å². The van der Waals surface area contributed by atoms with Gasteiger partial charge in [0.2, 0.25) is 29.5 Å². The quantitative estimate of drug-likeness (QED) is 0.229. The molecule has 1 aromatic carbocycles. The highest BCUT2D eigenvalue weighted by Gasteiger charge is 2.42. The van der Waals surface area contributed by atoms with Gasteiger partial charge in [-0.25, -0.2) is 0 Å². The van der Waals surface area contributed by atoms with E-state index in [0.29, 0.717) is 12.0 Å². The van der Waals surface area contributed by atoms with Crippen molar-refractivity contribution in [2.75, 3.05) is 12.3 Å². The zero-order chi connectivity index (χ0) is 33.1. The summed E-state index contributed by atoms with van der Waals surface area (Å²) in [5, 5.41) is 11.4. The van der Waals surface area contributed by atoms with Crippen molar-refractivity contribution in [3.8, 4) is 0 Å². The number of carbonyl (C=O) groups is 5. The number of fused-ring (bicyclic) bond motifs is 2. The smallest absolute Gasteiger partial charge is 0.267 e. The Morgan fingerprint density at radius 2 is 1.51 bits per heavy atom. The number of para-hydroxylation sites is 1. The van der Waals surface area contributed by atoms with E-state index >= 15 is 0 Å². The maximum atomic E-state index is 13.8. The molecule has 2 saturated heterocycles. The molecular weight excluding hydrogens is 604 g/mol. The van der Waals surface area contributed by atoms with Crippen LogP contribution in [0.3, 0.4) is 0 Å². The summed E-state index contributed by atoms with van der Waals surface area (Å²) in [6.07, 6.45) is 2.53. The highest BCUT2D eigenvalue weighted by molar-refractivity contribution is 7.85. The first-order valence-electron chi connectivity index (χ1n) is 15.2. The summed E-state index contributed by atoms with van der Waals surface area (Å²) in [5.41, 5.74) is 1.46. The van der Waals surface area contributed by atoms with Crippen molar-refractivity contribution in [3.63, 3.8) is 0 Å². The van der Waals surface area contributed by atoms with Gasteiger partial charge in [-0.3, -0.25) is 28.5 Å². The third kappa shape index (κ3) is 8.39. The van der Waals surface area contributed by atoms with Crippen molar-refractivity contribution < 1.29 is 36.9 Å². The molecule has 0 bridgehead atoms. The number of H-pyrrole nitrogens is 1. The second kappa shape index (κ2) is 14.0. The minimum absolute atomic E-state index is 0.0417. The molecule has 0 radical (unpaired) electrons. The number of hydrogen-bond acceptors (Lipinski definition) is 7. The second-order valence-electron chi connectivity index (χ2n) is 12.5. The normalized spacial score (nSPS) is 25.8. The van der Waals surface area contributed by atoms with Crippen LogP contribution in [0.1, 0.15) is 52.5 Å². The van der Waals surface area contributed by atoms with Gasteiger partial charge >= 0.3 is 0 Å². The van der Waals surface area contributed by atoms with E-state index in [0.717, 1.165) is 15.8 Å². The fraction of sp³-hybridized carbons (Fsp3) is 0.567. The van der Waals surface area contributed by atoms with Crippen molar-refractivity contribution in [1.82, 2.24) is 31.2 Å². The molecule has 45 heavy (non-hydrogen) atoms. The zero-order valence-electron chi connectivity index (χ0n) is 25.8. The minimum atomic E-state index is -4.77. The van der Waals surface area contributed by atoms with Gasteiger partial charge in [-0.1, -0.05) is 45.9 Å². The minimum Gasteiger partial charge on any atom is -0.361 e. The van der Waals surface area contributed by atoms with E-state index in [1.807, 2.05) is 38.1 Å². The molecule has 0 saturated carbocycles. The van der Waals surface area contributed by atoms with Gasteiger partial charge in [0.1, 0.15) is 36.0 Å². The molecule has 15 heteroatoms. The average Bonchev–Trinajstić information content (AvgIpc) is 3.60. The zero-order valence-corrected chi connectivity index (χ0v) is 26.6. The predicted octanol–water partition coefficient (Wildman–Crippen LogP) is 0.244. The standard InChI is InChI=1S/C30H42N6O8S/c1-16(2)12-21-26(37)32-22(13-18-14-31-20-9-6-5-8-19(18)20)27(38)34-23(15-45(42,43)44)30(41)36-11-7-10-24(36)28(39)35-25(17(3)4)29(40)33-21/h5-6,8-9,14,16-17,21-25,31H,7,10-13,15H2,1-4H3,(H,32,37)(H,33,40)(H,34,38)(H,35,39)(H,42,43,44). The molecule has 3 heterocycles. The fourth-order valence-electron chi connectivity index (χ4n) is 5.91.